The summed E-state index contributed by atoms with van der Waals surface area (Å²) in [5.74, 6) is 0.142. The molecule has 1 aliphatic rings. The number of aromatic nitrogens is 2. The first-order valence-electron chi connectivity index (χ1n) is 6.09. The molecule has 1 atom stereocenters. The SMILES string of the molecule is CCn1ncc(Br)c1C(=O)C1(C)CCCCN1. The molecule has 0 radical (unpaired) electrons. The number of nitrogens with zero attached hydrogens (tertiary/aromatic N) is 2. The van der Waals surface area contributed by atoms with E-state index in [9.17, 15) is 4.79 Å². The highest BCUT2D eigenvalue weighted by Gasteiger charge is 2.37. The Labute approximate surface area is 110 Å². The van der Waals surface area contributed by atoms with Crippen molar-refractivity contribution in [3.05, 3.63) is 16.4 Å². The van der Waals surface area contributed by atoms with E-state index >= 15 is 0 Å². The van der Waals surface area contributed by atoms with Gasteiger partial charge in [0.1, 0.15) is 5.69 Å². The molecule has 1 aliphatic heterocycles. The highest BCUT2D eigenvalue weighted by Crippen LogP contribution is 2.27. The van der Waals surface area contributed by atoms with Crippen LogP contribution < -0.4 is 5.32 Å². The molecule has 0 aliphatic carbocycles. The lowest BCUT2D eigenvalue weighted by Gasteiger charge is -2.33. The maximum Gasteiger partial charge on any atom is 0.201 e. The van der Waals surface area contributed by atoms with Crippen molar-refractivity contribution in [3.63, 3.8) is 0 Å². The number of halogens is 1. The van der Waals surface area contributed by atoms with Gasteiger partial charge >= 0.3 is 0 Å². The van der Waals surface area contributed by atoms with E-state index < -0.39 is 5.54 Å². The highest BCUT2D eigenvalue weighted by atomic mass is 79.9. The first-order valence-corrected chi connectivity index (χ1v) is 6.89. The van der Waals surface area contributed by atoms with Gasteiger partial charge in [-0.2, -0.15) is 5.10 Å². The number of ketones is 1. The van der Waals surface area contributed by atoms with Crippen LogP contribution in [-0.2, 0) is 6.54 Å². The van der Waals surface area contributed by atoms with Gasteiger partial charge in [-0.1, -0.05) is 0 Å². The van der Waals surface area contributed by atoms with Gasteiger partial charge in [0, 0.05) is 6.54 Å². The smallest absolute Gasteiger partial charge is 0.201 e. The van der Waals surface area contributed by atoms with Crippen LogP contribution in [0.4, 0.5) is 0 Å². The third-order valence-corrected chi connectivity index (χ3v) is 4.01. The van der Waals surface area contributed by atoms with Gasteiger partial charge in [0.05, 0.1) is 16.2 Å². The Morgan fingerprint density at radius 1 is 1.65 bits per heavy atom. The van der Waals surface area contributed by atoms with Crippen molar-refractivity contribution in [2.75, 3.05) is 6.54 Å². The van der Waals surface area contributed by atoms with Crippen LogP contribution in [0.15, 0.2) is 10.7 Å². The molecular weight excluding hydrogens is 282 g/mol. The number of carbonyl (C=O) groups is 1. The van der Waals surface area contributed by atoms with Crippen LogP contribution >= 0.6 is 15.9 Å². The van der Waals surface area contributed by atoms with Crippen LogP contribution in [-0.4, -0.2) is 27.6 Å². The van der Waals surface area contributed by atoms with Gasteiger partial charge in [-0.3, -0.25) is 9.48 Å². The number of carbonyl (C=O) groups excluding carboxylic acids is 1. The van der Waals surface area contributed by atoms with Crippen molar-refractivity contribution in [2.24, 2.45) is 0 Å². The Kier molecular flexibility index (Phi) is 3.68. The Bertz CT molecular complexity index is 421. The van der Waals surface area contributed by atoms with Crippen LogP contribution in [0.5, 0.6) is 0 Å². The summed E-state index contributed by atoms with van der Waals surface area (Å²) in [6.07, 6.45) is 4.85. The summed E-state index contributed by atoms with van der Waals surface area (Å²) in [5.41, 5.74) is 0.248. The van der Waals surface area contributed by atoms with Crippen LogP contribution in [0.1, 0.15) is 43.6 Å². The molecule has 1 unspecified atom stereocenters. The van der Waals surface area contributed by atoms with Gasteiger partial charge in [-0.15, -0.1) is 0 Å². The summed E-state index contributed by atoms with van der Waals surface area (Å²) in [6.45, 7) is 5.61. The number of Topliss-reactive ketones (excluding diaryl/α,β-unsaturated/α-hetero) is 1. The number of aryl methyl sites for hydroxylation is 1. The zero-order chi connectivity index (χ0) is 12.5. The number of nitrogens with one attached hydrogen (secondary N) is 1. The van der Waals surface area contributed by atoms with Crippen molar-refractivity contribution < 1.29 is 4.79 Å². The first-order chi connectivity index (χ1) is 8.08. The van der Waals surface area contributed by atoms with Crippen LogP contribution in [0.2, 0.25) is 0 Å². The summed E-state index contributed by atoms with van der Waals surface area (Å²) in [6, 6.07) is 0. The molecule has 5 heteroatoms. The second-order valence-electron chi connectivity index (χ2n) is 4.70. The minimum absolute atomic E-state index is 0.142. The molecule has 0 aromatic carbocycles. The fourth-order valence-corrected chi connectivity index (χ4v) is 2.82. The van der Waals surface area contributed by atoms with E-state index in [1.54, 1.807) is 10.9 Å². The average Bonchev–Trinajstić information content (AvgIpc) is 2.70. The third kappa shape index (κ3) is 2.31. The molecule has 4 nitrogen and oxygen atoms in total. The van der Waals surface area contributed by atoms with Crippen LogP contribution in [0, 0.1) is 0 Å². The molecule has 0 spiro atoms. The lowest BCUT2D eigenvalue weighted by atomic mass is 9.85. The Hall–Kier alpha value is -0.680. The monoisotopic (exact) mass is 299 g/mol. The van der Waals surface area contributed by atoms with Crippen molar-refractivity contribution >= 4 is 21.7 Å². The molecule has 2 heterocycles. The number of hydrogen-bond donors (Lipinski definition) is 1. The average molecular weight is 300 g/mol. The molecule has 1 aromatic rings. The summed E-state index contributed by atoms with van der Waals surface area (Å²) in [7, 11) is 0. The maximum atomic E-state index is 12.6. The normalized spacial score (nSPS) is 24.9. The van der Waals surface area contributed by atoms with Crippen molar-refractivity contribution in [2.45, 2.75) is 45.2 Å². The zero-order valence-corrected chi connectivity index (χ0v) is 11.9. The molecule has 1 saturated heterocycles. The fraction of sp³-hybridized carbons (Fsp3) is 0.667. The highest BCUT2D eigenvalue weighted by molar-refractivity contribution is 9.10. The number of hydrogen-bond acceptors (Lipinski definition) is 3. The first kappa shape index (κ1) is 12.8. The lowest BCUT2D eigenvalue weighted by molar-refractivity contribution is 0.0822. The van der Waals surface area contributed by atoms with E-state index in [0.717, 1.165) is 30.3 Å². The largest absolute Gasteiger partial charge is 0.305 e. The van der Waals surface area contributed by atoms with Crippen LogP contribution in [0.25, 0.3) is 0 Å². The summed E-state index contributed by atoms with van der Waals surface area (Å²) in [5, 5.41) is 7.55. The lowest BCUT2D eigenvalue weighted by Crippen LogP contribution is -2.52. The fourth-order valence-electron chi connectivity index (χ4n) is 2.34. The topological polar surface area (TPSA) is 46.9 Å². The predicted molar refractivity (Wildman–Crippen MR) is 70.2 cm³/mol. The molecular formula is C12H18BrN3O. The molecule has 0 bridgehead atoms. The van der Waals surface area contributed by atoms with Crippen LogP contribution in [0.3, 0.4) is 0 Å². The molecule has 1 aromatic heterocycles. The molecule has 2 rings (SSSR count). The molecule has 1 fully saturated rings. The Morgan fingerprint density at radius 3 is 3.00 bits per heavy atom. The molecule has 0 saturated carbocycles. The van der Waals surface area contributed by atoms with Crippen molar-refractivity contribution in [1.29, 1.82) is 0 Å². The van der Waals surface area contributed by atoms with E-state index in [1.165, 1.54) is 0 Å². The second-order valence-corrected chi connectivity index (χ2v) is 5.56. The minimum Gasteiger partial charge on any atom is -0.305 e. The van der Waals surface area contributed by atoms with Gasteiger partial charge < -0.3 is 5.32 Å². The van der Waals surface area contributed by atoms with Crippen molar-refractivity contribution in [3.8, 4) is 0 Å². The van der Waals surface area contributed by atoms with Crippen molar-refractivity contribution in [1.82, 2.24) is 15.1 Å². The van der Waals surface area contributed by atoms with E-state index in [1.807, 2.05) is 13.8 Å². The molecule has 94 valence electrons. The summed E-state index contributed by atoms with van der Waals surface area (Å²) < 4.78 is 2.55. The van der Waals surface area contributed by atoms with Gasteiger partial charge in [0.15, 0.2) is 0 Å². The van der Waals surface area contributed by atoms with E-state index in [0.29, 0.717) is 12.2 Å². The molecule has 0 amide bonds. The Morgan fingerprint density at radius 2 is 2.41 bits per heavy atom. The minimum atomic E-state index is -0.437. The van der Waals surface area contributed by atoms with E-state index in [4.69, 9.17) is 0 Å². The summed E-state index contributed by atoms with van der Waals surface area (Å²) >= 11 is 3.42. The third-order valence-electron chi connectivity index (χ3n) is 3.43. The van der Waals surface area contributed by atoms with Gasteiger partial charge in [-0.05, 0) is 55.6 Å². The number of piperidine rings is 1. The molecule has 17 heavy (non-hydrogen) atoms. The standard InChI is InChI=1S/C12H18BrN3O/c1-3-16-10(9(13)8-15-16)11(17)12(2)6-4-5-7-14-12/h8,14H,3-7H2,1-2H3. The maximum absolute atomic E-state index is 12.6. The number of rotatable bonds is 3. The zero-order valence-electron chi connectivity index (χ0n) is 10.3. The predicted octanol–water partition coefficient (Wildman–Crippen LogP) is 2.38. The van der Waals surface area contributed by atoms with Gasteiger partial charge in [0.25, 0.3) is 0 Å². The van der Waals surface area contributed by atoms with E-state index in [-0.39, 0.29) is 5.78 Å². The van der Waals surface area contributed by atoms with Gasteiger partial charge in [-0.25, -0.2) is 0 Å². The quantitative estimate of drug-likeness (QED) is 0.872. The van der Waals surface area contributed by atoms with E-state index in [2.05, 4.69) is 26.3 Å². The second kappa shape index (κ2) is 4.90. The van der Waals surface area contributed by atoms with Gasteiger partial charge in [0.2, 0.25) is 5.78 Å². The Balaban J connectivity index is 2.32. The molecule has 1 N–H and O–H groups in total. The summed E-state index contributed by atoms with van der Waals surface area (Å²) in [4.78, 5) is 12.6.